The molecule has 148 valence electrons. The molecule has 1 saturated heterocycles. The van der Waals surface area contributed by atoms with Crippen LogP contribution in [0.2, 0.25) is 0 Å². The van der Waals surface area contributed by atoms with Crippen LogP contribution in [0.3, 0.4) is 0 Å². The zero-order valence-corrected chi connectivity index (χ0v) is 16.9. The Morgan fingerprint density at radius 1 is 1.22 bits per heavy atom. The lowest BCUT2D eigenvalue weighted by atomic mass is 9.98. The Kier molecular flexibility index (Phi) is 7.04. The Bertz CT molecular complexity index is 803. The standard InChI is InChI=1S/C18H25N5O3.ClH/c1-11-9-14(25-3)15(26-4)10-13(11)17(24)21-18-20-16(22-23(18)2)12-5-7-19-8-6-12;/h9-10,12,19H,5-8H2,1-4H3,(H,20,21,22,24);1H. The molecule has 1 aromatic carbocycles. The maximum atomic E-state index is 12.7. The highest BCUT2D eigenvalue weighted by molar-refractivity contribution is 6.04. The van der Waals surface area contributed by atoms with E-state index >= 15 is 0 Å². The summed E-state index contributed by atoms with van der Waals surface area (Å²) in [6, 6.07) is 3.46. The van der Waals surface area contributed by atoms with Crippen LogP contribution in [0.1, 0.15) is 40.5 Å². The Hall–Kier alpha value is -2.32. The summed E-state index contributed by atoms with van der Waals surface area (Å²) in [5, 5.41) is 10.7. The fourth-order valence-electron chi connectivity index (χ4n) is 3.16. The van der Waals surface area contributed by atoms with Gasteiger partial charge < -0.3 is 14.8 Å². The molecule has 1 fully saturated rings. The fraction of sp³-hybridized carbons (Fsp3) is 0.500. The smallest absolute Gasteiger partial charge is 0.258 e. The highest BCUT2D eigenvalue weighted by atomic mass is 35.5. The number of methoxy groups -OCH3 is 2. The minimum Gasteiger partial charge on any atom is -0.493 e. The van der Waals surface area contributed by atoms with Crippen LogP contribution in [-0.2, 0) is 7.05 Å². The summed E-state index contributed by atoms with van der Waals surface area (Å²) in [5.41, 5.74) is 1.30. The number of nitrogens with zero attached hydrogens (tertiary/aromatic N) is 3. The van der Waals surface area contributed by atoms with Gasteiger partial charge in [-0.2, -0.15) is 10.1 Å². The summed E-state index contributed by atoms with van der Waals surface area (Å²) in [7, 11) is 4.90. The van der Waals surface area contributed by atoms with E-state index in [9.17, 15) is 4.79 Å². The number of hydrogen-bond donors (Lipinski definition) is 2. The number of anilines is 1. The number of carbonyl (C=O) groups is 1. The summed E-state index contributed by atoms with van der Waals surface area (Å²) < 4.78 is 12.2. The lowest BCUT2D eigenvalue weighted by Crippen LogP contribution is -2.27. The minimum absolute atomic E-state index is 0. The van der Waals surface area contributed by atoms with Crippen LogP contribution in [0.25, 0.3) is 0 Å². The van der Waals surface area contributed by atoms with E-state index in [1.807, 2.05) is 6.92 Å². The maximum absolute atomic E-state index is 12.7. The van der Waals surface area contributed by atoms with Crippen LogP contribution in [0.4, 0.5) is 5.95 Å². The van der Waals surface area contributed by atoms with Crippen molar-refractivity contribution in [2.75, 3.05) is 32.6 Å². The van der Waals surface area contributed by atoms with Gasteiger partial charge in [-0.3, -0.25) is 10.1 Å². The largest absolute Gasteiger partial charge is 0.493 e. The molecule has 9 heteroatoms. The number of ether oxygens (including phenoxy) is 2. The normalized spacial score (nSPS) is 14.4. The van der Waals surface area contributed by atoms with Crippen molar-refractivity contribution in [3.63, 3.8) is 0 Å². The van der Waals surface area contributed by atoms with Gasteiger partial charge >= 0.3 is 0 Å². The molecular weight excluding hydrogens is 370 g/mol. The van der Waals surface area contributed by atoms with Crippen molar-refractivity contribution in [1.82, 2.24) is 20.1 Å². The third-order valence-corrected chi connectivity index (χ3v) is 4.68. The van der Waals surface area contributed by atoms with Gasteiger partial charge in [0.2, 0.25) is 5.95 Å². The Balaban J connectivity index is 0.00000261. The summed E-state index contributed by atoms with van der Waals surface area (Å²) in [4.78, 5) is 17.3. The number of halogens is 1. The second kappa shape index (κ2) is 9.05. The first-order chi connectivity index (χ1) is 12.5. The van der Waals surface area contributed by atoms with Gasteiger partial charge in [0.25, 0.3) is 5.91 Å². The predicted octanol–water partition coefficient (Wildman–Crippen LogP) is 2.28. The molecule has 0 radical (unpaired) electrons. The molecule has 1 amide bonds. The average molecular weight is 396 g/mol. The number of benzene rings is 1. The van der Waals surface area contributed by atoms with Crippen molar-refractivity contribution in [2.24, 2.45) is 7.05 Å². The molecular formula is C18H26ClN5O3. The molecule has 8 nitrogen and oxygen atoms in total. The first-order valence-corrected chi connectivity index (χ1v) is 8.69. The number of carbonyl (C=O) groups excluding carboxylic acids is 1. The third-order valence-electron chi connectivity index (χ3n) is 4.68. The van der Waals surface area contributed by atoms with E-state index in [2.05, 4.69) is 20.7 Å². The molecule has 0 atom stereocenters. The van der Waals surface area contributed by atoms with E-state index in [4.69, 9.17) is 9.47 Å². The Morgan fingerprint density at radius 3 is 2.48 bits per heavy atom. The van der Waals surface area contributed by atoms with Crippen LogP contribution < -0.4 is 20.1 Å². The van der Waals surface area contributed by atoms with Gasteiger partial charge in [0.15, 0.2) is 17.3 Å². The zero-order valence-electron chi connectivity index (χ0n) is 16.0. The highest BCUT2D eigenvalue weighted by Crippen LogP contribution is 2.30. The van der Waals surface area contributed by atoms with Crippen LogP contribution in [0.5, 0.6) is 11.5 Å². The quantitative estimate of drug-likeness (QED) is 0.807. The molecule has 3 rings (SSSR count). The fourth-order valence-corrected chi connectivity index (χ4v) is 3.16. The third kappa shape index (κ3) is 4.51. The predicted molar refractivity (Wildman–Crippen MR) is 105 cm³/mol. The van der Waals surface area contributed by atoms with Crippen molar-refractivity contribution in [3.05, 3.63) is 29.1 Å². The van der Waals surface area contributed by atoms with E-state index in [1.54, 1.807) is 38.1 Å². The molecule has 2 N–H and O–H groups in total. The summed E-state index contributed by atoms with van der Waals surface area (Å²) in [5.74, 6) is 2.41. The van der Waals surface area contributed by atoms with E-state index in [1.165, 1.54) is 0 Å². The SMILES string of the molecule is COc1cc(C)c(C(=O)Nc2nc(C3CCNCC3)nn2C)cc1OC.Cl. The van der Waals surface area contributed by atoms with Gasteiger partial charge in [0.1, 0.15) is 0 Å². The van der Waals surface area contributed by atoms with Crippen molar-refractivity contribution < 1.29 is 14.3 Å². The lowest BCUT2D eigenvalue weighted by molar-refractivity contribution is 0.102. The molecule has 2 heterocycles. The van der Waals surface area contributed by atoms with E-state index in [-0.39, 0.29) is 18.3 Å². The van der Waals surface area contributed by atoms with Gasteiger partial charge in [0, 0.05) is 18.5 Å². The van der Waals surface area contributed by atoms with Crippen LogP contribution in [0.15, 0.2) is 12.1 Å². The van der Waals surface area contributed by atoms with Gasteiger partial charge in [0.05, 0.1) is 14.2 Å². The Labute approximate surface area is 165 Å². The number of aryl methyl sites for hydroxylation is 2. The second-order valence-corrected chi connectivity index (χ2v) is 6.42. The van der Waals surface area contributed by atoms with Gasteiger partial charge in [-0.1, -0.05) is 0 Å². The lowest BCUT2D eigenvalue weighted by Gasteiger charge is -2.19. The number of hydrogen-bond acceptors (Lipinski definition) is 6. The summed E-state index contributed by atoms with van der Waals surface area (Å²) in [6.45, 7) is 3.79. The van der Waals surface area contributed by atoms with E-state index < -0.39 is 0 Å². The van der Waals surface area contributed by atoms with Crippen LogP contribution in [0, 0.1) is 6.92 Å². The molecule has 1 aliphatic heterocycles. The average Bonchev–Trinajstić information content (AvgIpc) is 3.02. The number of piperidine rings is 1. The van der Waals surface area contributed by atoms with Crippen LogP contribution >= 0.6 is 12.4 Å². The van der Waals surface area contributed by atoms with Crippen molar-refractivity contribution >= 4 is 24.3 Å². The zero-order chi connectivity index (χ0) is 18.7. The summed E-state index contributed by atoms with van der Waals surface area (Å²) in [6.07, 6.45) is 2.01. The molecule has 27 heavy (non-hydrogen) atoms. The van der Waals surface area contributed by atoms with Gasteiger partial charge in [-0.15, -0.1) is 12.4 Å². The molecule has 1 aliphatic rings. The van der Waals surface area contributed by atoms with E-state index in [0.717, 1.165) is 37.3 Å². The molecule has 1 aromatic heterocycles. The van der Waals surface area contributed by atoms with Crippen molar-refractivity contribution in [3.8, 4) is 11.5 Å². The molecule has 2 aromatic rings. The second-order valence-electron chi connectivity index (χ2n) is 6.42. The first-order valence-electron chi connectivity index (χ1n) is 8.69. The summed E-state index contributed by atoms with van der Waals surface area (Å²) >= 11 is 0. The Morgan fingerprint density at radius 2 is 1.85 bits per heavy atom. The number of aromatic nitrogens is 3. The minimum atomic E-state index is -0.254. The topological polar surface area (TPSA) is 90.3 Å². The van der Waals surface area contributed by atoms with Gasteiger partial charge in [-0.05, 0) is 50.6 Å². The van der Waals surface area contributed by atoms with Crippen molar-refractivity contribution in [1.29, 1.82) is 0 Å². The molecule has 0 unspecified atom stereocenters. The number of rotatable bonds is 5. The molecule has 0 aliphatic carbocycles. The molecule has 0 spiro atoms. The molecule has 0 bridgehead atoms. The highest BCUT2D eigenvalue weighted by Gasteiger charge is 2.22. The molecule has 0 saturated carbocycles. The number of amides is 1. The van der Waals surface area contributed by atoms with Crippen LogP contribution in [-0.4, -0.2) is 48.0 Å². The first kappa shape index (κ1) is 21.0. The van der Waals surface area contributed by atoms with Crippen molar-refractivity contribution in [2.45, 2.75) is 25.7 Å². The van der Waals surface area contributed by atoms with E-state index in [0.29, 0.717) is 28.9 Å². The number of nitrogens with one attached hydrogen (secondary N) is 2. The monoisotopic (exact) mass is 395 g/mol. The van der Waals surface area contributed by atoms with Gasteiger partial charge in [-0.25, -0.2) is 4.68 Å². The maximum Gasteiger partial charge on any atom is 0.258 e.